The van der Waals surface area contributed by atoms with Gasteiger partial charge < -0.3 is 11.5 Å². The second-order valence-electron chi connectivity index (χ2n) is 2.94. The molecule has 0 saturated heterocycles. The first kappa shape index (κ1) is 10.2. The van der Waals surface area contributed by atoms with E-state index in [1.54, 1.807) is 0 Å². The van der Waals surface area contributed by atoms with E-state index in [0.717, 1.165) is 5.56 Å². The monoisotopic (exact) mass is 191 g/mol. The van der Waals surface area contributed by atoms with Crippen molar-refractivity contribution in [1.29, 1.82) is 0 Å². The van der Waals surface area contributed by atoms with Crippen LogP contribution in [0.2, 0.25) is 0 Å². The molecule has 0 aromatic heterocycles. The van der Waals surface area contributed by atoms with Crippen molar-refractivity contribution in [2.45, 2.75) is 6.42 Å². The molecule has 1 aromatic rings. The highest BCUT2D eigenvalue weighted by Crippen LogP contribution is 1.99. The summed E-state index contributed by atoms with van der Waals surface area (Å²) in [5, 5.41) is 0. The fourth-order valence-corrected chi connectivity index (χ4v) is 1.06. The highest BCUT2D eigenvalue weighted by Gasteiger charge is 2.01. The number of guanidine groups is 1. The molecule has 14 heavy (non-hydrogen) atoms. The second kappa shape index (κ2) is 5.01. The first-order chi connectivity index (χ1) is 6.68. The summed E-state index contributed by atoms with van der Waals surface area (Å²) in [7, 11) is 0. The van der Waals surface area contributed by atoms with Crippen molar-refractivity contribution in [1.82, 2.24) is 0 Å². The van der Waals surface area contributed by atoms with Crippen LogP contribution in [0.1, 0.15) is 5.56 Å². The quantitative estimate of drug-likeness (QED) is 0.522. The van der Waals surface area contributed by atoms with Gasteiger partial charge in [-0.3, -0.25) is 4.79 Å². The Labute approximate surface area is 82.6 Å². The van der Waals surface area contributed by atoms with E-state index in [1.807, 2.05) is 30.3 Å². The number of ketones is 1. The summed E-state index contributed by atoms with van der Waals surface area (Å²) in [4.78, 5) is 14.9. The molecule has 4 nitrogen and oxygen atoms in total. The van der Waals surface area contributed by atoms with Gasteiger partial charge in [-0.2, -0.15) is 0 Å². The molecule has 4 heteroatoms. The first-order valence-electron chi connectivity index (χ1n) is 4.29. The van der Waals surface area contributed by atoms with Crippen molar-refractivity contribution >= 4 is 11.7 Å². The minimum Gasteiger partial charge on any atom is -0.370 e. The number of Topliss-reactive ketones (excluding diaryl/α,β-unsaturated/α-hetero) is 1. The minimum atomic E-state index is -0.0496. The maximum absolute atomic E-state index is 11.3. The van der Waals surface area contributed by atoms with Gasteiger partial charge >= 0.3 is 0 Å². The number of nitrogens with zero attached hydrogens (tertiary/aromatic N) is 1. The summed E-state index contributed by atoms with van der Waals surface area (Å²) in [6, 6.07) is 9.48. The van der Waals surface area contributed by atoms with Crippen LogP contribution in [-0.2, 0) is 11.2 Å². The molecule has 0 saturated carbocycles. The smallest absolute Gasteiger partial charge is 0.186 e. The largest absolute Gasteiger partial charge is 0.370 e. The number of hydrogen-bond donors (Lipinski definition) is 2. The predicted molar refractivity (Wildman–Crippen MR) is 55.8 cm³/mol. The Balaban J connectivity index is 2.46. The standard InChI is InChI=1S/C10H13N3O/c11-10(12)13-7-9(14)6-8-4-2-1-3-5-8/h1-5H,6-7H2,(H4,11,12,13). The maximum Gasteiger partial charge on any atom is 0.186 e. The lowest BCUT2D eigenvalue weighted by Gasteiger charge is -1.98. The second-order valence-corrected chi connectivity index (χ2v) is 2.94. The average Bonchev–Trinajstić information content (AvgIpc) is 2.16. The van der Waals surface area contributed by atoms with Crippen LogP contribution >= 0.6 is 0 Å². The number of hydrogen-bond acceptors (Lipinski definition) is 2. The fraction of sp³-hybridized carbons (Fsp3) is 0.200. The number of rotatable bonds is 4. The average molecular weight is 191 g/mol. The Hall–Kier alpha value is -1.84. The number of carbonyl (C=O) groups excluding carboxylic acids is 1. The van der Waals surface area contributed by atoms with E-state index in [2.05, 4.69) is 4.99 Å². The van der Waals surface area contributed by atoms with E-state index in [0.29, 0.717) is 6.42 Å². The third-order valence-electron chi connectivity index (χ3n) is 1.68. The summed E-state index contributed by atoms with van der Waals surface area (Å²) >= 11 is 0. The van der Waals surface area contributed by atoms with Gasteiger partial charge in [0, 0.05) is 6.42 Å². The molecule has 0 spiro atoms. The number of carbonyl (C=O) groups is 1. The van der Waals surface area contributed by atoms with E-state index in [1.165, 1.54) is 0 Å². The van der Waals surface area contributed by atoms with Gasteiger partial charge in [-0.15, -0.1) is 0 Å². The molecule has 0 heterocycles. The van der Waals surface area contributed by atoms with Crippen LogP contribution < -0.4 is 11.5 Å². The highest BCUT2D eigenvalue weighted by molar-refractivity contribution is 5.86. The Kier molecular flexibility index (Phi) is 3.67. The van der Waals surface area contributed by atoms with Gasteiger partial charge in [-0.05, 0) is 5.56 Å². The van der Waals surface area contributed by atoms with Crippen molar-refractivity contribution in [2.75, 3.05) is 6.54 Å². The van der Waals surface area contributed by atoms with Gasteiger partial charge in [0.2, 0.25) is 0 Å². The summed E-state index contributed by atoms with van der Waals surface area (Å²) in [5.41, 5.74) is 11.2. The van der Waals surface area contributed by atoms with Crippen LogP contribution in [0.25, 0.3) is 0 Å². The van der Waals surface area contributed by atoms with Crippen molar-refractivity contribution in [3.05, 3.63) is 35.9 Å². The molecule has 0 aliphatic carbocycles. The van der Waals surface area contributed by atoms with Gasteiger partial charge in [0.05, 0.1) is 0 Å². The molecule has 0 aliphatic rings. The zero-order chi connectivity index (χ0) is 10.4. The van der Waals surface area contributed by atoms with Crippen LogP contribution in [0, 0.1) is 0 Å². The van der Waals surface area contributed by atoms with Crippen LogP contribution in [0.3, 0.4) is 0 Å². The first-order valence-corrected chi connectivity index (χ1v) is 4.29. The van der Waals surface area contributed by atoms with E-state index in [4.69, 9.17) is 11.5 Å². The van der Waals surface area contributed by atoms with Crippen molar-refractivity contribution in [2.24, 2.45) is 16.5 Å². The molecule has 0 fully saturated rings. The highest BCUT2D eigenvalue weighted by atomic mass is 16.1. The molecule has 0 aliphatic heterocycles. The molecule has 0 amide bonds. The van der Waals surface area contributed by atoms with E-state index >= 15 is 0 Å². The summed E-state index contributed by atoms with van der Waals surface area (Å²) in [5.74, 6) is -0.0454. The summed E-state index contributed by atoms with van der Waals surface area (Å²) in [6.45, 7) is 0.0528. The number of nitrogens with two attached hydrogens (primary N) is 2. The van der Waals surface area contributed by atoms with Crippen molar-refractivity contribution < 1.29 is 4.79 Å². The lowest BCUT2D eigenvalue weighted by molar-refractivity contribution is -0.117. The molecule has 1 rings (SSSR count). The van der Waals surface area contributed by atoms with E-state index < -0.39 is 0 Å². The molecule has 74 valence electrons. The molecule has 0 atom stereocenters. The Morgan fingerprint density at radius 2 is 1.86 bits per heavy atom. The molecular formula is C10H13N3O. The molecule has 0 bridgehead atoms. The summed E-state index contributed by atoms with van der Waals surface area (Å²) < 4.78 is 0. The van der Waals surface area contributed by atoms with Crippen molar-refractivity contribution in [3.8, 4) is 0 Å². The Bertz CT molecular complexity index is 328. The van der Waals surface area contributed by atoms with Crippen LogP contribution in [0.15, 0.2) is 35.3 Å². The minimum absolute atomic E-state index is 0.00426. The van der Waals surface area contributed by atoms with Crippen LogP contribution in [-0.4, -0.2) is 18.3 Å². The number of benzene rings is 1. The van der Waals surface area contributed by atoms with Gasteiger partial charge in [0.25, 0.3) is 0 Å². The zero-order valence-corrected chi connectivity index (χ0v) is 7.81. The fourth-order valence-electron chi connectivity index (χ4n) is 1.06. The zero-order valence-electron chi connectivity index (χ0n) is 7.81. The predicted octanol–water partition coefficient (Wildman–Crippen LogP) is 0.0716. The van der Waals surface area contributed by atoms with Crippen LogP contribution in [0.4, 0.5) is 0 Å². The van der Waals surface area contributed by atoms with E-state index in [-0.39, 0.29) is 18.3 Å². The third-order valence-corrected chi connectivity index (χ3v) is 1.68. The Morgan fingerprint density at radius 1 is 1.21 bits per heavy atom. The van der Waals surface area contributed by atoms with Gasteiger partial charge in [-0.1, -0.05) is 30.3 Å². The van der Waals surface area contributed by atoms with E-state index in [9.17, 15) is 4.79 Å². The van der Waals surface area contributed by atoms with Gasteiger partial charge in [0.15, 0.2) is 11.7 Å². The lowest BCUT2D eigenvalue weighted by Crippen LogP contribution is -2.24. The topological polar surface area (TPSA) is 81.5 Å². The molecule has 1 aromatic carbocycles. The SMILES string of the molecule is NC(N)=NCC(=O)Cc1ccccc1. The third kappa shape index (κ3) is 3.71. The molecule has 0 radical (unpaired) electrons. The molecule has 0 unspecified atom stereocenters. The summed E-state index contributed by atoms with van der Waals surface area (Å²) in [6.07, 6.45) is 0.373. The molecular weight excluding hydrogens is 178 g/mol. The van der Waals surface area contributed by atoms with Crippen molar-refractivity contribution in [3.63, 3.8) is 0 Å². The lowest BCUT2D eigenvalue weighted by atomic mass is 10.1. The number of aliphatic imine (C=N–C) groups is 1. The normalized spacial score (nSPS) is 9.43. The van der Waals surface area contributed by atoms with Crippen LogP contribution in [0.5, 0.6) is 0 Å². The van der Waals surface area contributed by atoms with Gasteiger partial charge in [-0.25, -0.2) is 4.99 Å². The Morgan fingerprint density at radius 3 is 2.43 bits per heavy atom. The van der Waals surface area contributed by atoms with Gasteiger partial charge in [0.1, 0.15) is 6.54 Å². The maximum atomic E-state index is 11.3. The molecule has 4 N–H and O–H groups in total.